The Labute approximate surface area is 162 Å². The number of non-ortho nitro benzene ring substituents is 1. The van der Waals surface area contributed by atoms with Crippen LogP contribution in [-0.4, -0.2) is 26.8 Å². The monoisotopic (exact) mass is 427 g/mol. The SMILES string of the molecule is O=C(N/N=C/c1ccc([N+](=O)[O-])cc1)c1ccn(Cc2ccc(Br)cc2)n1. The topological polar surface area (TPSA) is 102 Å². The number of rotatable bonds is 6. The van der Waals surface area contributed by atoms with E-state index in [1.807, 2.05) is 24.3 Å². The van der Waals surface area contributed by atoms with Crippen LogP contribution in [0.25, 0.3) is 0 Å². The van der Waals surface area contributed by atoms with Crippen molar-refractivity contribution >= 4 is 33.7 Å². The summed E-state index contributed by atoms with van der Waals surface area (Å²) in [6.07, 6.45) is 3.12. The molecule has 0 atom stereocenters. The average molecular weight is 428 g/mol. The summed E-state index contributed by atoms with van der Waals surface area (Å²) in [5.41, 5.74) is 4.31. The minimum Gasteiger partial charge on any atom is -0.268 e. The molecule has 0 fully saturated rings. The summed E-state index contributed by atoms with van der Waals surface area (Å²) in [6.45, 7) is 0.548. The second-order valence-electron chi connectivity index (χ2n) is 5.57. The fourth-order valence-electron chi connectivity index (χ4n) is 2.25. The van der Waals surface area contributed by atoms with Crippen molar-refractivity contribution in [1.82, 2.24) is 15.2 Å². The van der Waals surface area contributed by atoms with Crippen molar-refractivity contribution < 1.29 is 9.72 Å². The van der Waals surface area contributed by atoms with Gasteiger partial charge in [-0.2, -0.15) is 10.2 Å². The molecule has 1 heterocycles. The van der Waals surface area contributed by atoms with Crippen LogP contribution in [-0.2, 0) is 6.54 Å². The van der Waals surface area contributed by atoms with Crippen molar-refractivity contribution in [2.24, 2.45) is 5.10 Å². The van der Waals surface area contributed by atoms with Gasteiger partial charge in [0.25, 0.3) is 11.6 Å². The summed E-state index contributed by atoms with van der Waals surface area (Å²) in [5, 5.41) is 18.7. The second-order valence-corrected chi connectivity index (χ2v) is 6.49. The van der Waals surface area contributed by atoms with E-state index < -0.39 is 10.8 Å². The van der Waals surface area contributed by atoms with E-state index in [-0.39, 0.29) is 11.4 Å². The predicted molar refractivity (Wildman–Crippen MR) is 104 cm³/mol. The lowest BCUT2D eigenvalue weighted by Crippen LogP contribution is -2.18. The standard InChI is InChI=1S/C18H14BrN5O3/c19-15-5-1-14(2-6-15)12-23-10-9-17(22-23)18(25)21-20-11-13-3-7-16(8-4-13)24(26)27/h1-11H,12H2,(H,21,25)/b20-11+. The molecule has 0 unspecified atom stereocenters. The largest absolute Gasteiger partial charge is 0.291 e. The molecule has 136 valence electrons. The van der Waals surface area contributed by atoms with Gasteiger partial charge in [-0.25, -0.2) is 5.43 Å². The van der Waals surface area contributed by atoms with E-state index in [2.05, 4.69) is 31.6 Å². The van der Waals surface area contributed by atoms with Gasteiger partial charge in [-0.1, -0.05) is 28.1 Å². The predicted octanol–water partition coefficient (Wildman–Crippen LogP) is 3.37. The Bertz CT molecular complexity index is 981. The van der Waals surface area contributed by atoms with Gasteiger partial charge in [-0.15, -0.1) is 0 Å². The van der Waals surface area contributed by atoms with Crippen LogP contribution in [0.15, 0.2) is 70.4 Å². The Hall–Kier alpha value is -3.33. The highest BCUT2D eigenvalue weighted by Crippen LogP contribution is 2.12. The summed E-state index contributed by atoms with van der Waals surface area (Å²) in [7, 11) is 0. The number of amides is 1. The molecule has 0 aliphatic rings. The summed E-state index contributed by atoms with van der Waals surface area (Å²) in [4.78, 5) is 22.2. The van der Waals surface area contributed by atoms with Gasteiger partial charge in [0.15, 0.2) is 5.69 Å². The first-order chi connectivity index (χ1) is 13.0. The number of carbonyl (C=O) groups is 1. The first-order valence-electron chi connectivity index (χ1n) is 7.87. The van der Waals surface area contributed by atoms with Crippen LogP contribution < -0.4 is 5.43 Å². The number of hydrogen-bond donors (Lipinski definition) is 1. The van der Waals surface area contributed by atoms with Gasteiger partial charge >= 0.3 is 0 Å². The third kappa shape index (κ3) is 5.08. The van der Waals surface area contributed by atoms with E-state index in [9.17, 15) is 14.9 Å². The quantitative estimate of drug-likeness (QED) is 0.370. The van der Waals surface area contributed by atoms with Crippen molar-refractivity contribution in [1.29, 1.82) is 0 Å². The van der Waals surface area contributed by atoms with Crippen molar-refractivity contribution in [3.63, 3.8) is 0 Å². The smallest absolute Gasteiger partial charge is 0.268 e. The van der Waals surface area contributed by atoms with Crippen molar-refractivity contribution in [2.45, 2.75) is 6.54 Å². The molecule has 0 aliphatic heterocycles. The number of hydrazone groups is 1. The van der Waals surface area contributed by atoms with Crippen LogP contribution in [0.5, 0.6) is 0 Å². The van der Waals surface area contributed by atoms with Crippen LogP contribution in [0, 0.1) is 10.1 Å². The maximum atomic E-state index is 12.1. The number of benzene rings is 2. The van der Waals surface area contributed by atoms with Crippen molar-refractivity contribution in [2.75, 3.05) is 0 Å². The van der Waals surface area contributed by atoms with Crippen LogP contribution in [0.2, 0.25) is 0 Å². The zero-order chi connectivity index (χ0) is 19.2. The van der Waals surface area contributed by atoms with Gasteiger partial charge < -0.3 is 0 Å². The fourth-order valence-corrected chi connectivity index (χ4v) is 2.52. The molecular formula is C18H14BrN5O3. The Morgan fingerprint density at radius 1 is 1.19 bits per heavy atom. The Kier molecular flexibility index (Phi) is 5.72. The van der Waals surface area contributed by atoms with Gasteiger partial charge in [-0.3, -0.25) is 19.6 Å². The second kappa shape index (κ2) is 8.37. The summed E-state index contributed by atoms with van der Waals surface area (Å²) < 4.78 is 2.66. The fraction of sp³-hybridized carbons (Fsp3) is 0.0556. The highest BCUT2D eigenvalue weighted by Gasteiger charge is 2.09. The Balaban J connectivity index is 1.57. The minimum absolute atomic E-state index is 0.00695. The highest BCUT2D eigenvalue weighted by atomic mass is 79.9. The molecule has 3 rings (SSSR count). The van der Waals surface area contributed by atoms with E-state index in [4.69, 9.17) is 0 Å². The number of aromatic nitrogens is 2. The lowest BCUT2D eigenvalue weighted by atomic mass is 10.2. The van der Waals surface area contributed by atoms with Gasteiger partial charge in [0, 0.05) is 22.8 Å². The number of halogens is 1. The van der Waals surface area contributed by atoms with Crippen molar-refractivity contribution in [3.8, 4) is 0 Å². The molecule has 0 saturated carbocycles. The summed E-state index contributed by atoms with van der Waals surface area (Å²) in [5.74, 6) is -0.442. The Morgan fingerprint density at radius 2 is 1.89 bits per heavy atom. The zero-order valence-electron chi connectivity index (χ0n) is 13.9. The molecular weight excluding hydrogens is 414 g/mol. The molecule has 0 spiro atoms. The van der Waals surface area contributed by atoms with Crippen LogP contribution >= 0.6 is 15.9 Å². The normalized spacial score (nSPS) is 10.9. The van der Waals surface area contributed by atoms with Gasteiger partial charge in [-0.05, 0) is 41.5 Å². The Morgan fingerprint density at radius 3 is 2.56 bits per heavy atom. The van der Waals surface area contributed by atoms with Crippen LogP contribution in [0.3, 0.4) is 0 Å². The van der Waals surface area contributed by atoms with E-state index >= 15 is 0 Å². The molecule has 0 bridgehead atoms. The molecule has 2 aromatic carbocycles. The molecule has 0 saturated heterocycles. The molecule has 1 amide bonds. The maximum absolute atomic E-state index is 12.1. The number of nitro benzene ring substituents is 1. The van der Waals surface area contributed by atoms with E-state index in [1.165, 1.54) is 18.3 Å². The number of nitro groups is 1. The van der Waals surface area contributed by atoms with E-state index in [0.717, 1.165) is 10.0 Å². The zero-order valence-corrected chi connectivity index (χ0v) is 15.5. The van der Waals surface area contributed by atoms with Crippen LogP contribution in [0.1, 0.15) is 21.6 Å². The van der Waals surface area contributed by atoms with Gasteiger partial charge in [0.1, 0.15) is 0 Å². The van der Waals surface area contributed by atoms with Gasteiger partial charge in [0.05, 0.1) is 17.7 Å². The molecule has 27 heavy (non-hydrogen) atoms. The highest BCUT2D eigenvalue weighted by molar-refractivity contribution is 9.10. The molecule has 1 aromatic heterocycles. The summed E-state index contributed by atoms with van der Waals surface area (Å²) >= 11 is 3.39. The van der Waals surface area contributed by atoms with E-state index in [0.29, 0.717) is 12.1 Å². The molecule has 0 aliphatic carbocycles. The van der Waals surface area contributed by atoms with Crippen LogP contribution in [0.4, 0.5) is 5.69 Å². The average Bonchev–Trinajstić information content (AvgIpc) is 3.12. The number of hydrogen-bond acceptors (Lipinski definition) is 5. The van der Waals surface area contributed by atoms with Crippen molar-refractivity contribution in [3.05, 3.63) is 92.2 Å². The van der Waals surface area contributed by atoms with E-state index in [1.54, 1.807) is 29.1 Å². The molecule has 8 nitrogen and oxygen atoms in total. The minimum atomic E-state index is -0.479. The first kappa shape index (κ1) is 18.5. The molecule has 1 N–H and O–H groups in total. The lowest BCUT2D eigenvalue weighted by molar-refractivity contribution is -0.384. The maximum Gasteiger partial charge on any atom is 0.291 e. The molecule has 0 radical (unpaired) electrons. The number of carbonyl (C=O) groups excluding carboxylic acids is 1. The number of nitrogens with zero attached hydrogens (tertiary/aromatic N) is 4. The number of nitrogens with one attached hydrogen (secondary N) is 1. The molecule has 3 aromatic rings. The molecule has 9 heteroatoms. The van der Waals surface area contributed by atoms with Gasteiger partial charge in [0.2, 0.25) is 0 Å². The third-order valence-corrected chi connectivity index (χ3v) is 4.14. The lowest BCUT2D eigenvalue weighted by Gasteiger charge is -2.02. The third-order valence-electron chi connectivity index (χ3n) is 3.61. The first-order valence-corrected chi connectivity index (χ1v) is 8.66. The summed E-state index contributed by atoms with van der Waals surface area (Å²) in [6, 6.07) is 15.3.